The molecule has 0 heterocycles. The monoisotopic (exact) mass is 246 g/mol. The van der Waals surface area contributed by atoms with Crippen molar-refractivity contribution in [2.75, 3.05) is 13.1 Å². The molecule has 0 bridgehead atoms. The molecule has 1 aliphatic rings. The Balaban J connectivity index is 1.83. The molecule has 0 aliphatic heterocycles. The molecule has 1 aromatic rings. The highest BCUT2D eigenvalue weighted by atomic mass is 14.9. The molecule has 3 N–H and O–H groups in total. The third kappa shape index (κ3) is 3.82. The summed E-state index contributed by atoms with van der Waals surface area (Å²) in [4.78, 5) is 0. The van der Waals surface area contributed by atoms with Crippen LogP contribution in [0.4, 0.5) is 0 Å². The van der Waals surface area contributed by atoms with Crippen molar-refractivity contribution in [3.63, 3.8) is 0 Å². The topological polar surface area (TPSA) is 38.0 Å². The van der Waals surface area contributed by atoms with Gasteiger partial charge in [0.2, 0.25) is 0 Å². The molecule has 0 aromatic heterocycles. The van der Waals surface area contributed by atoms with Gasteiger partial charge in [0.05, 0.1) is 0 Å². The van der Waals surface area contributed by atoms with Crippen molar-refractivity contribution in [3.05, 3.63) is 34.9 Å². The Morgan fingerprint density at radius 3 is 2.67 bits per heavy atom. The Hall–Kier alpha value is -0.860. The summed E-state index contributed by atoms with van der Waals surface area (Å²) in [5.74, 6) is 1.03. The maximum absolute atomic E-state index is 5.88. The van der Waals surface area contributed by atoms with Gasteiger partial charge in [0.15, 0.2) is 0 Å². The first-order valence-electron chi connectivity index (χ1n) is 7.21. The summed E-state index contributed by atoms with van der Waals surface area (Å²) in [6, 6.07) is 6.97. The van der Waals surface area contributed by atoms with Crippen LogP contribution in [0.15, 0.2) is 18.2 Å². The molecule has 1 unspecified atom stereocenters. The van der Waals surface area contributed by atoms with Gasteiger partial charge in [-0.3, -0.25) is 0 Å². The van der Waals surface area contributed by atoms with E-state index in [9.17, 15) is 0 Å². The molecule has 0 amide bonds. The SMILES string of the molecule is Cc1ccc(C(CN)NCCCC2CC2)cc1C. The van der Waals surface area contributed by atoms with Crippen LogP contribution in [0.3, 0.4) is 0 Å². The van der Waals surface area contributed by atoms with E-state index >= 15 is 0 Å². The smallest absolute Gasteiger partial charge is 0.0444 e. The third-order valence-electron chi connectivity index (χ3n) is 4.05. The van der Waals surface area contributed by atoms with Crippen LogP contribution in [0.1, 0.15) is 48.4 Å². The molecule has 0 radical (unpaired) electrons. The molecular weight excluding hydrogens is 220 g/mol. The van der Waals surface area contributed by atoms with Gasteiger partial charge in [-0.15, -0.1) is 0 Å². The lowest BCUT2D eigenvalue weighted by Gasteiger charge is -2.18. The van der Waals surface area contributed by atoms with E-state index in [0.717, 1.165) is 12.5 Å². The van der Waals surface area contributed by atoms with Crippen molar-refractivity contribution < 1.29 is 0 Å². The molecule has 100 valence electrons. The van der Waals surface area contributed by atoms with E-state index in [1.54, 1.807) is 0 Å². The maximum Gasteiger partial charge on any atom is 0.0444 e. The Bertz CT molecular complexity index is 383. The normalized spacial score (nSPS) is 16.8. The predicted octanol–water partition coefficient (Wildman–Crippen LogP) is 3.08. The first-order chi connectivity index (χ1) is 8.70. The number of benzene rings is 1. The van der Waals surface area contributed by atoms with E-state index in [-0.39, 0.29) is 0 Å². The standard InChI is InChI=1S/C16H26N2/c1-12-5-8-15(10-13(12)2)16(11-17)18-9-3-4-14-6-7-14/h5,8,10,14,16,18H,3-4,6-7,9,11,17H2,1-2H3. The summed E-state index contributed by atoms with van der Waals surface area (Å²) in [7, 11) is 0. The van der Waals surface area contributed by atoms with Crippen LogP contribution in [-0.4, -0.2) is 13.1 Å². The summed E-state index contributed by atoms with van der Waals surface area (Å²) < 4.78 is 0. The van der Waals surface area contributed by atoms with E-state index in [0.29, 0.717) is 12.6 Å². The zero-order valence-electron chi connectivity index (χ0n) is 11.7. The zero-order chi connectivity index (χ0) is 13.0. The van der Waals surface area contributed by atoms with Gasteiger partial charge in [0.25, 0.3) is 0 Å². The number of aryl methyl sites for hydroxylation is 2. The van der Waals surface area contributed by atoms with Crippen LogP contribution in [0.25, 0.3) is 0 Å². The second kappa shape index (κ2) is 6.35. The fraction of sp³-hybridized carbons (Fsp3) is 0.625. The summed E-state index contributed by atoms with van der Waals surface area (Å²) in [6.07, 6.45) is 5.58. The highest BCUT2D eigenvalue weighted by Gasteiger charge is 2.20. The van der Waals surface area contributed by atoms with Crippen molar-refractivity contribution >= 4 is 0 Å². The predicted molar refractivity (Wildman–Crippen MR) is 77.7 cm³/mol. The summed E-state index contributed by atoms with van der Waals surface area (Å²) in [5, 5.41) is 3.59. The van der Waals surface area contributed by atoms with Crippen molar-refractivity contribution in [3.8, 4) is 0 Å². The molecule has 2 heteroatoms. The second-order valence-electron chi connectivity index (χ2n) is 5.67. The quantitative estimate of drug-likeness (QED) is 0.726. The average molecular weight is 246 g/mol. The fourth-order valence-corrected chi connectivity index (χ4v) is 2.39. The minimum absolute atomic E-state index is 0.309. The number of nitrogens with two attached hydrogens (primary N) is 1. The van der Waals surface area contributed by atoms with E-state index in [1.807, 2.05) is 0 Å². The maximum atomic E-state index is 5.88. The molecule has 0 saturated heterocycles. The van der Waals surface area contributed by atoms with E-state index in [2.05, 4.69) is 37.4 Å². The molecule has 1 aliphatic carbocycles. The Labute approximate surface area is 111 Å². The first kappa shape index (κ1) is 13.6. The van der Waals surface area contributed by atoms with Gasteiger partial charge in [-0.05, 0) is 55.8 Å². The van der Waals surface area contributed by atoms with E-state index in [4.69, 9.17) is 5.73 Å². The minimum atomic E-state index is 0.309. The molecule has 1 atom stereocenters. The molecule has 1 saturated carbocycles. The highest BCUT2D eigenvalue weighted by Crippen LogP contribution is 2.33. The van der Waals surface area contributed by atoms with Crippen LogP contribution in [0, 0.1) is 19.8 Å². The van der Waals surface area contributed by atoms with E-state index in [1.165, 1.54) is 42.4 Å². The molecule has 2 nitrogen and oxygen atoms in total. The fourth-order valence-electron chi connectivity index (χ4n) is 2.39. The zero-order valence-corrected chi connectivity index (χ0v) is 11.7. The van der Waals surface area contributed by atoms with Crippen LogP contribution < -0.4 is 11.1 Å². The third-order valence-corrected chi connectivity index (χ3v) is 4.05. The van der Waals surface area contributed by atoms with Gasteiger partial charge < -0.3 is 11.1 Å². The van der Waals surface area contributed by atoms with Gasteiger partial charge in [0.1, 0.15) is 0 Å². The van der Waals surface area contributed by atoms with Crippen LogP contribution >= 0.6 is 0 Å². The molecule has 1 aromatic carbocycles. The Morgan fingerprint density at radius 2 is 2.06 bits per heavy atom. The van der Waals surface area contributed by atoms with Crippen LogP contribution in [-0.2, 0) is 0 Å². The number of hydrogen-bond acceptors (Lipinski definition) is 2. The van der Waals surface area contributed by atoms with Crippen molar-refractivity contribution in [2.24, 2.45) is 11.7 Å². The van der Waals surface area contributed by atoms with Crippen molar-refractivity contribution in [1.29, 1.82) is 0 Å². The van der Waals surface area contributed by atoms with Crippen molar-refractivity contribution in [2.45, 2.75) is 45.6 Å². The van der Waals surface area contributed by atoms with Gasteiger partial charge >= 0.3 is 0 Å². The highest BCUT2D eigenvalue weighted by molar-refractivity contribution is 5.31. The van der Waals surface area contributed by atoms with E-state index < -0.39 is 0 Å². The van der Waals surface area contributed by atoms with Gasteiger partial charge in [-0.25, -0.2) is 0 Å². The summed E-state index contributed by atoms with van der Waals surface area (Å²) >= 11 is 0. The van der Waals surface area contributed by atoms with Gasteiger partial charge in [-0.1, -0.05) is 31.0 Å². The molecule has 18 heavy (non-hydrogen) atoms. The molecule has 0 spiro atoms. The Morgan fingerprint density at radius 1 is 1.28 bits per heavy atom. The average Bonchev–Trinajstić information content (AvgIpc) is 3.17. The lowest BCUT2D eigenvalue weighted by Crippen LogP contribution is -2.29. The summed E-state index contributed by atoms with van der Waals surface area (Å²) in [6.45, 7) is 6.08. The molecule has 2 rings (SSSR count). The first-order valence-corrected chi connectivity index (χ1v) is 7.21. The lowest BCUT2D eigenvalue weighted by atomic mass is 10.0. The lowest BCUT2D eigenvalue weighted by molar-refractivity contribution is 0.512. The van der Waals surface area contributed by atoms with Crippen LogP contribution in [0.2, 0.25) is 0 Å². The molecule has 1 fully saturated rings. The number of rotatable bonds is 7. The summed E-state index contributed by atoms with van der Waals surface area (Å²) in [5.41, 5.74) is 9.91. The Kier molecular flexibility index (Phi) is 4.79. The largest absolute Gasteiger partial charge is 0.329 e. The number of hydrogen-bond donors (Lipinski definition) is 2. The van der Waals surface area contributed by atoms with Gasteiger partial charge in [0, 0.05) is 12.6 Å². The van der Waals surface area contributed by atoms with Gasteiger partial charge in [-0.2, -0.15) is 0 Å². The minimum Gasteiger partial charge on any atom is -0.329 e. The van der Waals surface area contributed by atoms with Crippen molar-refractivity contribution in [1.82, 2.24) is 5.32 Å². The second-order valence-corrected chi connectivity index (χ2v) is 5.67. The van der Waals surface area contributed by atoms with Crippen LogP contribution in [0.5, 0.6) is 0 Å². The molecular formula is C16H26N2. The number of nitrogens with one attached hydrogen (secondary N) is 1.